The third-order valence-corrected chi connectivity index (χ3v) is 5.00. The zero-order chi connectivity index (χ0) is 19.1. The van der Waals surface area contributed by atoms with Crippen molar-refractivity contribution >= 4 is 23.1 Å². The Morgan fingerprint density at radius 2 is 2.19 bits per heavy atom. The molecule has 1 fully saturated rings. The van der Waals surface area contributed by atoms with E-state index in [9.17, 15) is 10.1 Å². The summed E-state index contributed by atoms with van der Waals surface area (Å²) >= 11 is 0. The van der Waals surface area contributed by atoms with Gasteiger partial charge in [-0.2, -0.15) is 0 Å². The summed E-state index contributed by atoms with van der Waals surface area (Å²) in [6, 6.07) is 0.0919. The molecule has 1 atom stereocenters. The lowest BCUT2D eigenvalue weighted by Crippen LogP contribution is -2.53. The molecule has 142 valence electrons. The van der Waals surface area contributed by atoms with Gasteiger partial charge >= 0.3 is 5.82 Å². The number of fused-ring (bicyclic) bond motifs is 1. The predicted molar refractivity (Wildman–Crippen MR) is 99.1 cm³/mol. The molecule has 0 spiro atoms. The van der Waals surface area contributed by atoms with E-state index in [2.05, 4.69) is 32.0 Å². The average Bonchev–Trinajstić information content (AvgIpc) is 3.25. The number of aryl methyl sites for hydroxylation is 1. The monoisotopic (exact) mass is 371 g/mol. The Balaban J connectivity index is 1.65. The Hall–Kier alpha value is -3.24. The molecule has 0 aromatic carbocycles. The SMILES string of the molecule is CCn1c(C)nc([N+](=O)[O-])c1N1CCN(c2nccn3cnnc23)C(C)C1. The van der Waals surface area contributed by atoms with Crippen LogP contribution < -0.4 is 9.80 Å². The second kappa shape index (κ2) is 6.49. The lowest BCUT2D eigenvalue weighted by molar-refractivity contribution is -0.388. The molecule has 1 saturated heterocycles. The average molecular weight is 371 g/mol. The highest BCUT2D eigenvalue weighted by atomic mass is 16.6. The van der Waals surface area contributed by atoms with E-state index in [0.29, 0.717) is 43.5 Å². The molecule has 4 heterocycles. The van der Waals surface area contributed by atoms with Gasteiger partial charge in [-0.05, 0) is 23.8 Å². The quantitative estimate of drug-likeness (QED) is 0.498. The van der Waals surface area contributed by atoms with Crippen LogP contribution in [0.15, 0.2) is 18.7 Å². The van der Waals surface area contributed by atoms with Crippen LogP contribution in [0.4, 0.5) is 17.5 Å². The first kappa shape index (κ1) is 17.2. The maximum absolute atomic E-state index is 11.5. The molecule has 11 heteroatoms. The van der Waals surface area contributed by atoms with Crippen LogP contribution in [-0.2, 0) is 6.54 Å². The molecule has 3 aromatic rings. The van der Waals surface area contributed by atoms with E-state index in [4.69, 9.17) is 0 Å². The van der Waals surface area contributed by atoms with Crippen LogP contribution in [0.3, 0.4) is 0 Å². The summed E-state index contributed by atoms with van der Waals surface area (Å²) in [4.78, 5) is 24.0. The molecule has 1 unspecified atom stereocenters. The van der Waals surface area contributed by atoms with Crippen molar-refractivity contribution in [3.8, 4) is 0 Å². The van der Waals surface area contributed by atoms with E-state index in [1.807, 2.05) is 27.0 Å². The molecule has 11 nitrogen and oxygen atoms in total. The second-order valence-electron chi connectivity index (χ2n) is 6.61. The standard InChI is InChI=1S/C16H21N9O2/c1-4-23-12(3)19-15(25(26)27)16(23)21-7-8-24(11(2)9-21)13-14-20-18-10-22(14)6-5-17-13/h5-6,10-11H,4,7-9H2,1-3H3. The first-order chi connectivity index (χ1) is 13.0. The van der Waals surface area contributed by atoms with Gasteiger partial charge in [-0.3, -0.25) is 8.97 Å². The van der Waals surface area contributed by atoms with Crippen molar-refractivity contribution < 1.29 is 4.92 Å². The van der Waals surface area contributed by atoms with Gasteiger partial charge in [0.25, 0.3) is 0 Å². The Bertz CT molecular complexity index is 995. The Morgan fingerprint density at radius 3 is 2.89 bits per heavy atom. The summed E-state index contributed by atoms with van der Waals surface area (Å²) in [6.45, 7) is 8.42. The third-order valence-electron chi connectivity index (χ3n) is 5.00. The summed E-state index contributed by atoms with van der Waals surface area (Å²) in [5, 5.41) is 19.6. The Labute approximate surface area is 155 Å². The number of piperazine rings is 1. The maximum atomic E-state index is 11.5. The number of hydrogen-bond donors (Lipinski definition) is 0. The van der Waals surface area contributed by atoms with E-state index < -0.39 is 4.92 Å². The van der Waals surface area contributed by atoms with Gasteiger partial charge in [-0.15, -0.1) is 10.2 Å². The van der Waals surface area contributed by atoms with Gasteiger partial charge in [0.1, 0.15) is 6.33 Å². The number of aromatic nitrogens is 6. The van der Waals surface area contributed by atoms with Crippen molar-refractivity contribution in [3.05, 3.63) is 34.7 Å². The van der Waals surface area contributed by atoms with Crippen molar-refractivity contribution in [1.29, 1.82) is 0 Å². The van der Waals surface area contributed by atoms with Gasteiger partial charge in [0.2, 0.25) is 17.3 Å². The molecule has 1 aliphatic rings. The zero-order valence-electron chi connectivity index (χ0n) is 15.5. The van der Waals surface area contributed by atoms with E-state index in [-0.39, 0.29) is 11.9 Å². The maximum Gasteiger partial charge on any atom is 0.406 e. The minimum Gasteiger partial charge on any atom is -0.358 e. The number of hydrogen-bond acceptors (Lipinski definition) is 8. The summed E-state index contributed by atoms with van der Waals surface area (Å²) in [5.41, 5.74) is 0.707. The third kappa shape index (κ3) is 2.75. The van der Waals surface area contributed by atoms with Crippen LogP contribution in [0, 0.1) is 17.0 Å². The molecule has 0 N–H and O–H groups in total. The van der Waals surface area contributed by atoms with E-state index in [1.165, 1.54) is 0 Å². The molecule has 0 radical (unpaired) electrons. The van der Waals surface area contributed by atoms with Crippen LogP contribution in [0.5, 0.6) is 0 Å². The van der Waals surface area contributed by atoms with Crippen molar-refractivity contribution in [2.24, 2.45) is 0 Å². The molecule has 27 heavy (non-hydrogen) atoms. The second-order valence-corrected chi connectivity index (χ2v) is 6.61. The highest BCUT2D eigenvalue weighted by Gasteiger charge is 2.34. The van der Waals surface area contributed by atoms with Crippen LogP contribution in [0.25, 0.3) is 5.65 Å². The fourth-order valence-corrected chi connectivity index (χ4v) is 3.76. The number of anilines is 2. The largest absolute Gasteiger partial charge is 0.406 e. The van der Waals surface area contributed by atoms with Gasteiger partial charge in [0, 0.05) is 51.5 Å². The fourth-order valence-electron chi connectivity index (χ4n) is 3.76. The van der Waals surface area contributed by atoms with Gasteiger partial charge in [0.15, 0.2) is 5.82 Å². The van der Waals surface area contributed by atoms with Gasteiger partial charge in [-0.25, -0.2) is 4.98 Å². The molecule has 0 saturated carbocycles. The van der Waals surface area contributed by atoms with E-state index in [1.54, 1.807) is 19.4 Å². The minimum absolute atomic E-state index is 0.0762. The molecule has 1 aliphatic heterocycles. The fraction of sp³-hybridized carbons (Fsp3) is 0.500. The van der Waals surface area contributed by atoms with Crippen molar-refractivity contribution in [1.82, 2.24) is 29.1 Å². The Morgan fingerprint density at radius 1 is 1.37 bits per heavy atom. The van der Waals surface area contributed by atoms with Crippen LogP contribution in [-0.4, -0.2) is 59.7 Å². The zero-order valence-corrected chi connectivity index (χ0v) is 15.5. The van der Waals surface area contributed by atoms with Crippen LogP contribution in [0.2, 0.25) is 0 Å². The first-order valence-electron chi connectivity index (χ1n) is 8.88. The first-order valence-corrected chi connectivity index (χ1v) is 8.88. The topological polar surface area (TPSA) is 111 Å². The van der Waals surface area contributed by atoms with Crippen molar-refractivity contribution in [2.45, 2.75) is 33.4 Å². The number of rotatable bonds is 4. The Kier molecular flexibility index (Phi) is 4.13. The van der Waals surface area contributed by atoms with E-state index in [0.717, 1.165) is 5.82 Å². The summed E-state index contributed by atoms with van der Waals surface area (Å²) < 4.78 is 3.74. The molecule has 0 amide bonds. The smallest absolute Gasteiger partial charge is 0.358 e. The number of nitrogens with zero attached hydrogens (tertiary/aromatic N) is 9. The summed E-state index contributed by atoms with van der Waals surface area (Å²) in [7, 11) is 0. The summed E-state index contributed by atoms with van der Waals surface area (Å²) in [5.74, 6) is 1.94. The lowest BCUT2D eigenvalue weighted by Gasteiger charge is -2.41. The van der Waals surface area contributed by atoms with Gasteiger partial charge in [-0.1, -0.05) is 0 Å². The molecule has 3 aromatic heterocycles. The predicted octanol–water partition coefficient (Wildman–Crippen LogP) is 1.27. The minimum atomic E-state index is -0.399. The highest BCUT2D eigenvalue weighted by molar-refractivity contribution is 5.65. The van der Waals surface area contributed by atoms with Crippen LogP contribution >= 0.6 is 0 Å². The molecule has 4 rings (SSSR count). The molecular weight excluding hydrogens is 350 g/mol. The van der Waals surface area contributed by atoms with E-state index >= 15 is 0 Å². The number of imidazole rings is 1. The van der Waals surface area contributed by atoms with Gasteiger partial charge < -0.3 is 19.9 Å². The summed E-state index contributed by atoms with van der Waals surface area (Å²) in [6.07, 6.45) is 5.18. The van der Waals surface area contributed by atoms with Crippen LogP contribution in [0.1, 0.15) is 19.7 Å². The normalized spacial score (nSPS) is 17.7. The van der Waals surface area contributed by atoms with Gasteiger partial charge in [0.05, 0.1) is 0 Å². The lowest BCUT2D eigenvalue weighted by atomic mass is 10.2. The molecule has 0 aliphatic carbocycles. The number of nitro groups is 1. The van der Waals surface area contributed by atoms with Crippen molar-refractivity contribution in [3.63, 3.8) is 0 Å². The highest BCUT2D eigenvalue weighted by Crippen LogP contribution is 2.32. The molecular formula is C16H21N9O2. The van der Waals surface area contributed by atoms with Crippen molar-refractivity contribution in [2.75, 3.05) is 29.4 Å². The molecule has 0 bridgehead atoms.